The van der Waals surface area contributed by atoms with Gasteiger partial charge in [-0.25, -0.2) is 0 Å². The first-order valence-electron chi connectivity index (χ1n) is 5.70. The third-order valence-electron chi connectivity index (χ3n) is 3.29. The molecule has 0 saturated carbocycles. The third-order valence-corrected chi connectivity index (χ3v) is 3.29. The maximum atomic E-state index is 11.8. The zero-order valence-electron chi connectivity index (χ0n) is 10.2. The Labute approximate surface area is 88.0 Å². The summed E-state index contributed by atoms with van der Waals surface area (Å²) in [7, 11) is 0. The van der Waals surface area contributed by atoms with Crippen molar-refractivity contribution >= 4 is 5.97 Å². The third kappa shape index (κ3) is 3.00. The Morgan fingerprint density at radius 3 is 2.29 bits per heavy atom. The second-order valence-electron chi connectivity index (χ2n) is 4.18. The minimum atomic E-state index is -0.300. The van der Waals surface area contributed by atoms with E-state index in [-0.39, 0.29) is 11.4 Å². The van der Waals surface area contributed by atoms with Gasteiger partial charge in [-0.15, -0.1) is 0 Å². The fourth-order valence-corrected chi connectivity index (χ4v) is 1.74. The summed E-state index contributed by atoms with van der Waals surface area (Å²) in [6.45, 7) is 10.7. The van der Waals surface area contributed by atoms with Gasteiger partial charge < -0.3 is 4.74 Å². The van der Waals surface area contributed by atoms with Crippen LogP contribution in [0.1, 0.15) is 53.9 Å². The van der Waals surface area contributed by atoms with Crippen molar-refractivity contribution < 1.29 is 9.53 Å². The Morgan fingerprint density at radius 1 is 1.36 bits per heavy atom. The molecule has 2 unspecified atom stereocenters. The molecule has 84 valence electrons. The van der Waals surface area contributed by atoms with Crippen LogP contribution in [0.3, 0.4) is 0 Å². The lowest BCUT2D eigenvalue weighted by molar-refractivity contribution is -0.158. The molecule has 0 aromatic rings. The van der Waals surface area contributed by atoms with Crippen molar-refractivity contribution in [1.29, 1.82) is 0 Å². The van der Waals surface area contributed by atoms with Crippen molar-refractivity contribution in [1.82, 2.24) is 0 Å². The van der Waals surface area contributed by atoms with Crippen LogP contribution < -0.4 is 0 Å². The summed E-state index contributed by atoms with van der Waals surface area (Å²) in [4.78, 5) is 11.8. The largest absolute Gasteiger partial charge is 0.466 e. The quantitative estimate of drug-likeness (QED) is 0.614. The lowest BCUT2D eigenvalue weighted by Gasteiger charge is -2.32. The van der Waals surface area contributed by atoms with Crippen molar-refractivity contribution in [3.63, 3.8) is 0 Å². The monoisotopic (exact) mass is 200 g/mol. The molecule has 2 atom stereocenters. The number of carbonyl (C=O) groups is 1. The lowest BCUT2D eigenvalue weighted by atomic mass is 9.74. The predicted octanol–water partition coefficient (Wildman–Crippen LogP) is 3.40. The van der Waals surface area contributed by atoms with Gasteiger partial charge in [0.2, 0.25) is 0 Å². The van der Waals surface area contributed by atoms with E-state index in [2.05, 4.69) is 20.8 Å². The molecule has 0 fully saturated rings. The number of esters is 1. The van der Waals surface area contributed by atoms with Crippen molar-refractivity contribution in [3.05, 3.63) is 0 Å². The van der Waals surface area contributed by atoms with Crippen molar-refractivity contribution in [2.75, 3.05) is 6.61 Å². The first-order chi connectivity index (χ1) is 6.52. The van der Waals surface area contributed by atoms with Crippen LogP contribution >= 0.6 is 0 Å². The standard InChI is InChI=1S/C12H24O2/c1-6-9-10(4)12(5,7-2)11(13)14-8-3/h10H,6-9H2,1-5H3. The van der Waals surface area contributed by atoms with Gasteiger partial charge in [-0.05, 0) is 32.6 Å². The molecule has 0 aromatic heterocycles. The normalized spacial score (nSPS) is 17.2. The average molecular weight is 200 g/mol. The number of hydrogen-bond donors (Lipinski definition) is 0. The Bertz CT molecular complexity index is 177. The summed E-state index contributed by atoms with van der Waals surface area (Å²) in [5.41, 5.74) is -0.300. The molecular weight excluding hydrogens is 176 g/mol. The molecule has 0 N–H and O–H groups in total. The molecule has 0 rings (SSSR count). The molecule has 0 amide bonds. The van der Waals surface area contributed by atoms with Crippen LogP contribution in [0, 0.1) is 11.3 Å². The van der Waals surface area contributed by atoms with E-state index in [1.807, 2.05) is 13.8 Å². The van der Waals surface area contributed by atoms with Gasteiger partial charge in [0.25, 0.3) is 0 Å². The van der Waals surface area contributed by atoms with Gasteiger partial charge in [-0.2, -0.15) is 0 Å². The molecular formula is C12H24O2. The van der Waals surface area contributed by atoms with Crippen LogP contribution in [-0.2, 0) is 9.53 Å². The summed E-state index contributed by atoms with van der Waals surface area (Å²) >= 11 is 0. The fourth-order valence-electron chi connectivity index (χ4n) is 1.74. The maximum absolute atomic E-state index is 11.8. The number of hydrogen-bond acceptors (Lipinski definition) is 2. The molecule has 0 heterocycles. The molecule has 0 aliphatic carbocycles. The summed E-state index contributed by atoms with van der Waals surface area (Å²) in [6.07, 6.45) is 3.06. The molecule has 0 aromatic carbocycles. The molecule has 0 saturated heterocycles. The highest BCUT2D eigenvalue weighted by molar-refractivity contribution is 5.76. The zero-order chi connectivity index (χ0) is 11.2. The summed E-state index contributed by atoms with van der Waals surface area (Å²) in [6, 6.07) is 0. The van der Waals surface area contributed by atoms with E-state index in [1.165, 1.54) is 0 Å². The highest BCUT2D eigenvalue weighted by atomic mass is 16.5. The van der Waals surface area contributed by atoms with E-state index in [9.17, 15) is 4.79 Å². The predicted molar refractivity (Wildman–Crippen MR) is 59.1 cm³/mol. The van der Waals surface area contributed by atoms with Gasteiger partial charge in [0.1, 0.15) is 0 Å². The molecule has 0 radical (unpaired) electrons. The van der Waals surface area contributed by atoms with E-state index < -0.39 is 0 Å². The van der Waals surface area contributed by atoms with Gasteiger partial charge in [0, 0.05) is 0 Å². The molecule has 2 nitrogen and oxygen atoms in total. The zero-order valence-corrected chi connectivity index (χ0v) is 10.2. The Hall–Kier alpha value is -0.530. The number of ether oxygens (including phenoxy) is 1. The summed E-state index contributed by atoms with van der Waals surface area (Å²) in [5, 5.41) is 0. The molecule has 0 spiro atoms. The van der Waals surface area contributed by atoms with E-state index >= 15 is 0 Å². The summed E-state index contributed by atoms with van der Waals surface area (Å²) < 4.78 is 5.13. The average Bonchev–Trinajstić information content (AvgIpc) is 2.17. The van der Waals surface area contributed by atoms with E-state index in [0.29, 0.717) is 12.5 Å². The van der Waals surface area contributed by atoms with Gasteiger partial charge in [0.15, 0.2) is 0 Å². The van der Waals surface area contributed by atoms with Crippen molar-refractivity contribution in [2.24, 2.45) is 11.3 Å². The minimum absolute atomic E-state index is 0.0385. The van der Waals surface area contributed by atoms with Crippen LogP contribution in [0.4, 0.5) is 0 Å². The van der Waals surface area contributed by atoms with Crippen molar-refractivity contribution in [3.8, 4) is 0 Å². The van der Waals surface area contributed by atoms with Crippen LogP contribution in [0.5, 0.6) is 0 Å². The van der Waals surface area contributed by atoms with Crippen molar-refractivity contribution in [2.45, 2.75) is 53.9 Å². The van der Waals surface area contributed by atoms with Crippen LogP contribution in [0.2, 0.25) is 0 Å². The molecule has 0 bridgehead atoms. The smallest absolute Gasteiger partial charge is 0.312 e. The van der Waals surface area contributed by atoms with Crippen LogP contribution in [0.25, 0.3) is 0 Å². The van der Waals surface area contributed by atoms with Gasteiger partial charge in [-0.1, -0.05) is 27.2 Å². The van der Waals surface area contributed by atoms with Crippen LogP contribution in [-0.4, -0.2) is 12.6 Å². The fraction of sp³-hybridized carbons (Fsp3) is 0.917. The highest BCUT2D eigenvalue weighted by Crippen LogP contribution is 2.35. The van der Waals surface area contributed by atoms with Gasteiger partial charge >= 0.3 is 5.97 Å². The van der Waals surface area contributed by atoms with Crippen LogP contribution in [0.15, 0.2) is 0 Å². The van der Waals surface area contributed by atoms with E-state index in [1.54, 1.807) is 0 Å². The minimum Gasteiger partial charge on any atom is -0.466 e. The van der Waals surface area contributed by atoms with Gasteiger partial charge in [0.05, 0.1) is 12.0 Å². The summed E-state index contributed by atoms with van der Waals surface area (Å²) in [5.74, 6) is 0.361. The molecule has 2 heteroatoms. The Kier molecular flexibility index (Phi) is 5.82. The highest BCUT2D eigenvalue weighted by Gasteiger charge is 2.37. The first kappa shape index (κ1) is 13.5. The first-order valence-corrected chi connectivity index (χ1v) is 5.70. The Morgan fingerprint density at radius 2 is 1.93 bits per heavy atom. The molecule has 0 aliphatic heterocycles. The number of carbonyl (C=O) groups excluding carboxylic acids is 1. The lowest BCUT2D eigenvalue weighted by Crippen LogP contribution is -2.35. The Balaban J connectivity index is 4.51. The van der Waals surface area contributed by atoms with E-state index in [4.69, 9.17) is 4.74 Å². The maximum Gasteiger partial charge on any atom is 0.312 e. The molecule has 14 heavy (non-hydrogen) atoms. The number of rotatable bonds is 6. The topological polar surface area (TPSA) is 26.3 Å². The molecule has 0 aliphatic rings. The second-order valence-corrected chi connectivity index (χ2v) is 4.18. The van der Waals surface area contributed by atoms with Gasteiger partial charge in [-0.3, -0.25) is 4.79 Å². The SMILES string of the molecule is CCCC(C)C(C)(CC)C(=O)OCC. The van der Waals surface area contributed by atoms with E-state index in [0.717, 1.165) is 19.3 Å². The second kappa shape index (κ2) is 6.05.